The first-order valence-electron chi connectivity index (χ1n) is 7.85. The number of amides is 2. The van der Waals surface area contributed by atoms with Crippen LogP contribution in [0.3, 0.4) is 0 Å². The van der Waals surface area contributed by atoms with Gasteiger partial charge in [0.15, 0.2) is 0 Å². The summed E-state index contributed by atoms with van der Waals surface area (Å²) >= 11 is 0.654. The summed E-state index contributed by atoms with van der Waals surface area (Å²) < 4.78 is 37.0. The molecule has 27 heavy (non-hydrogen) atoms. The fourth-order valence-electron chi connectivity index (χ4n) is 2.37. The van der Waals surface area contributed by atoms with E-state index >= 15 is 0 Å². The van der Waals surface area contributed by atoms with Gasteiger partial charge in [0.05, 0.1) is 17.1 Å². The first kappa shape index (κ1) is 18.8. The maximum Gasteiger partial charge on any atom is 0.326 e. The molecule has 140 valence electrons. The van der Waals surface area contributed by atoms with Crippen LogP contribution in [0.1, 0.15) is 12.7 Å². The highest BCUT2D eigenvalue weighted by molar-refractivity contribution is 8.18. The number of hydrogen-bond acceptors (Lipinski definition) is 6. The predicted molar refractivity (Wildman–Crippen MR) is 93.4 cm³/mol. The van der Waals surface area contributed by atoms with Gasteiger partial charge in [-0.25, -0.2) is 8.78 Å². The van der Waals surface area contributed by atoms with Crippen LogP contribution >= 0.6 is 11.8 Å². The van der Waals surface area contributed by atoms with Crippen LogP contribution in [0.2, 0.25) is 0 Å². The van der Waals surface area contributed by atoms with Crippen molar-refractivity contribution in [1.82, 2.24) is 4.90 Å². The Morgan fingerprint density at radius 3 is 2.74 bits per heavy atom. The van der Waals surface area contributed by atoms with Crippen LogP contribution in [0.4, 0.5) is 13.6 Å². The maximum atomic E-state index is 13.8. The Hall–Kier alpha value is -2.94. The van der Waals surface area contributed by atoms with Crippen molar-refractivity contribution >= 4 is 35.0 Å². The van der Waals surface area contributed by atoms with Crippen molar-refractivity contribution in [3.63, 3.8) is 0 Å². The van der Waals surface area contributed by atoms with Crippen LogP contribution in [-0.2, 0) is 14.3 Å². The zero-order chi connectivity index (χ0) is 19.6. The van der Waals surface area contributed by atoms with E-state index in [2.05, 4.69) is 0 Å². The zero-order valence-corrected chi connectivity index (χ0v) is 14.8. The van der Waals surface area contributed by atoms with Crippen molar-refractivity contribution in [2.45, 2.75) is 6.92 Å². The Morgan fingerprint density at radius 2 is 2.04 bits per heavy atom. The minimum absolute atomic E-state index is 0.0600. The van der Waals surface area contributed by atoms with Gasteiger partial charge in [0.1, 0.15) is 29.7 Å². The molecule has 9 heteroatoms. The Morgan fingerprint density at radius 1 is 1.26 bits per heavy atom. The van der Waals surface area contributed by atoms with E-state index in [1.165, 1.54) is 24.3 Å². The average molecular weight is 393 g/mol. The van der Waals surface area contributed by atoms with Gasteiger partial charge in [-0.1, -0.05) is 0 Å². The lowest BCUT2D eigenvalue weighted by atomic mass is 10.1. The molecule has 2 amide bonds. The van der Waals surface area contributed by atoms with Crippen molar-refractivity contribution in [2.75, 3.05) is 13.2 Å². The second kappa shape index (κ2) is 7.75. The molecule has 1 saturated heterocycles. The van der Waals surface area contributed by atoms with Gasteiger partial charge >= 0.3 is 5.97 Å². The minimum Gasteiger partial charge on any atom is -0.465 e. The Labute approximate surface area is 156 Å². The molecule has 2 aromatic rings. The zero-order valence-electron chi connectivity index (χ0n) is 14.0. The van der Waals surface area contributed by atoms with Gasteiger partial charge in [-0.3, -0.25) is 19.3 Å². The summed E-state index contributed by atoms with van der Waals surface area (Å²) in [6.45, 7) is 1.28. The summed E-state index contributed by atoms with van der Waals surface area (Å²) in [6.07, 6.45) is 1.32. The van der Waals surface area contributed by atoms with Gasteiger partial charge in [0.2, 0.25) is 0 Å². The molecule has 1 fully saturated rings. The van der Waals surface area contributed by atoms with Crippen LogP contribution in [0.5, 0.6) is 0 Å². The maximum absolute atomic E-state index is 13.8. The molecule has 1 aliphatic rings. The van der Waals surface area contributed by atoms with Crippen molar-refractivity contribution in [1.29, 1.82) is 0 Å². The number of ether oxygens (including phenoxy) is 1. The van der Waals surface area contributed by atoms with Crippen LogP contribution in [0.15, 0.2) is 39.7 Å². The third-order valence-corrected chi connectivity index (χ3v) is 4.47. The molecule has 1 aromatic carbocycles. The summed E-state index contributed by atoms with van der Waals surface area (Å²) in [6, 6.07) is 6.02. The van der Waals surface area contributed by atoms with Crippen LogP contribution in [0.25, 0.3) is 17.4 Å². The van der Waals surface area contributed by atoms with Crippen LogP contribution in [-0.4, -0.2) is 35.2 Å². The van der Waals surface area contributed by atoms with Gasteiger partial charge in [0, 0.05) is 12.1 Å². The first-order valence-corrected chi connectivity index (χ1v) is 8.67. The molecule has 6 nitrogen and oxygen atoms in total. The molecule has 0 bridgehead atoms. The second-order valence-corrected chi connectivity index (χ2v) is 6.39. The van der Waals surface area contributed by atoms with Crippen molar-refractivity contribution < 1.29 is 32.3 Å². The SMILES string of the molecule is CCOC(=O)CN1C(=O)S/C(=C/c2ccc(-c3ccc(F)cc3F)o2)C1=O. The topological polar surface area (TPSA) is 76.8 Å². The van der Waals surface area contributed by atoms with E-state index in [0.717, 1.165) is 17.0 Å². The summed E-state index contributed by atoms with van der Waals surface area (Å²) in [4.78, 5) is 36.6. The fraction of sp³-hybridized carbons (Fsp3) is 0.167. The van der Waals surface area contributed by atoms with Crippen LogP contribution < -0.4 is 0 Å². The second-order valence-electron chi connectivity index (χ2n) is 5.40. The normalized spacial score (nSPS) is 15.7. The number of imide groups is 1. The highest BCUT2D eigenvalue weighted by Crippen LogP contribution is 2.33. The molecule has 0 spiro atoms. The number of halogens is 2. The van der Waals surface area contributed by atoms with Crippen molar-refractivity contribution in [3.05, 3.63) is 52.6 Å². The summed E-state index contributed by atoms with van der Waals surface area (Å²) in [5.41, 5.74) is 0.0615. The molecule has 0 saturated carbocycles. The van der Waals surface area contributed by atoms with E-state index < -0.39 is 35.3 Å². The van der Waals surface area contributed by atoms with Crippen molar-refractivity contribution in [3.8, 4) is 11.3 Å². The van der Waals surface area contributed by atoms with Gasteiger partial charge in [-0.2, -0.15) is 0 Å². The van der Waals surface area contributed by atoms with E-state index in [0.29, 0.717) is 11.8 Å². The van der Waals surface area contributed by atoms with Crippen molar-refractivity contribution in [2.24, 2.45) is 0 Å². The molecule has 0 atom stereocenters. The molecular weight excluding hydrogens is 380 g/mol. The number of benzene rings is 1. The van der Waals surface area contributed by atoms with E-state index in [4.69, 9.17) is 9.15 Å². The number of carbonyl (C=O) groups is 3. The number of hydrogen-bond donors (Lipinski definition) is 0. The number of thioether (sulfide) groups is 1. The van der Waals surface area contributed by atoms with Crippen LogP contribution in [0, 0.1) is 11.6 Å². The molecule has 1 aromatic heterocycles. The molecule has 3 rings (SSSR count). The lowest BCUT2D eigenvalue weighted by molar-refractivity contribution is -0.145. The predicted octanol–water partition coefficient (Wildman–Crippen LogP) is 3.82. The quantitative estimate of drug-likeness (QED) is 0.568. The summed E-state index contributed by atoms with van der Waals surface area (Å²) in [7, 11) is 0. The molecule has 0 unspecified atom stereocenters. The Bertz CT molecular complexity index is 953. The lowest BCUT2D eigenvalue weighted by Gasteiger charge is -2.10. The van der Waals surface area contributed by atoms with Gasteiger partial charge in [0.25, 0.3) is 11.1 Å². The van der Waals surface area contributed by atoms with Gasteiger partial charge < -0.3 is 9.15 Å². The molecule has 1 aliphatic heterocycles. The highest BCUT2D eigenvalue weighted by atomic mass is 32.2. The van der Waals surface area contributed by atoms with Gasteiger partial charge in [-0.15, -0.1) is 0 Å². The molecule has 0 aliphatic carbocycles. The Balaban J connectivity index is 1.79. The third-order valence-electron chi connectivity index (χ3n) is 3.56. The first-order chi connectivity index (χ1) is 12.9. The number of furan rings is 1. The van der Waals surface area contributed by atoms with E-state index in [9.17, 15) is 23.2 Å². The number of nitrogens with zero attached hydrogens (tertiary/aromatic N) is 1. The largest absolute Gasteiger partial charge is 0.465 e. The van der Waals surface area contributed by atoms with Gasteiger partial charge in [-0.05, 0) is 43.0 Å². The van der Waals surface area contributed by atoms with E-state index in [1.54, 1.807) is 6.92 Å². The number of esters is 1. The standard InChI is InChI=1S/C18H13F2NO5S/c1-2-25-16(22)9-21-17(23)15(27-18(21)24)8-11-4-6-14(26-11)12-5-3-10(19)7-13(12)20/h3-8H,2,9H2,1H3/b15-8+. The molecule has 0 N–H and O–H groups in total. The Kier molecular flexibility index (Phi) is 5.41. The third kappa shape index (κ3) is 4.08. The number of rotatable bonds is 5. The summed E-state index contributed by atoms with van der Waals surface area (Å²) in [5.74, 6) is -2.49. The monoisotopic (exact) mass is 393 g/mol. The molecular formula is C18H13F2NO5S. The molecule has 0 radical (unpaired) electrons. The summed E-state index contributed by atoms with van der Waals surface area (Å²) in [5, 5.41) is -0.601. The number of carbonyl (C=O) groups excluding carboxylic acids is 3. The molecule has 2 heterocycles. The average Bonchev–Trinajstić information content (AvgIpc) is 3.16. The smallest absolute Gasteiger partial charge is 0.326 e. The van der Waals surface area contributed by atoms with E-state index in [-0.39, 0.29) is 28.6 Å². The highest BCUT2D eigenvalue weighted by Gasteiger charge is 2.36. The van der Waals surface area contributed by atoms with E-state index in [1.807, 2.05) is 0 Å². The minimum atomic E-state index is -0.786. The fourth-order valence-corrected chi connectivity index (χ4v) is 3.18. The lowest BCUT2D eigenvalue weighted by Crippen LogP contribution is -2.34.